The molecule has 1 amide bonds. The van der Waals surface area contributed by atoms with Crippen LogP contribution in [0, 0.1) is 0 Å². The van der Waals surface area contributed by atoms with E-state index in [1.54, 1.807) is 48.5 Å². The number of hydrogen-bond donors (Lipinski definition) is 2. The highest BCUT2D eigenvalue weighted by molar-refractivity contribution is 7.92. The molecule has 3 rings (SSSR count). The summed E-state index contributed by atoms with van der Waals surface area (Å²) in [6, 6.07) is 19.7. The van der Waals surface area contributed by atoms with Crippen LogP contribution < -0.4 is 14.8 Å². The van der Waals surface area contributed by atoms with Gasteiger partial charge in [-0.25, -0.2) is 8.42 Å². The van der Waals surface area contributed by atoms with E-state index >= 15 is 0 Å². The Morgan fingerprint density at radius 1 is 0.968 bits per heavy atom. The molecule has 0 spiro atoms. The number of ether oxygens (including phenoxy) is 1. The van der Waals surface area contributed by atoms with Crippen LogP contribution >= 0.6 is 11.6 Å². The van der Waals surface area contributed by atoms with E-state index in [1.807, 2.05) is 13.0 Å². The van der Waals surface area contributed by atoms with Crippen molar-refractivity contribution in [2.45, 2.75) is 11.8 Å². The zero-order valence-corrected chi connectivity index (χ0v) is 18.3. The average molecular weight is 457 g/mol. The van der Waals surface area contributed by atoms with E-state index < -0.39 is 10.0 Å². The first kappa shape index (κ1) is 22.4. The van der Waals surface area contributed by atoms with Crippen LogP contribution in [0.5, 0.6) is 5.75 Å². The van der Waals surface area contributed by atoms with E-state index in [9.17, 15) is 13.2 Å². The van der Waals surface area contributed by atoms with Gasteiger partial charge in [0, 0.05) is 22.5 Å². The molecule has 0 heterocycles. The standard InChI is InChI=1S/C23H21ClN2O4S/c1-2-30-20-12-8-19(9-13-20)26-31(28,29)21-14-10-18(11-15-21)25-23(27)16-7-17-5-3-4-6-22(17)24/h3-16,26H,2H2,1H3,(H,25,27). The maximum Gasteiger partial charge on any atom is 0.261 e. The van der Waals surface area contributed by atoms with Gasteiger partial charge in [0.15, 0.2) is 0 Å². The molecule has 3 aromatic rings. The van der Waals surface area contributed by atoms with E-state index in [1.165, 1.54) is 30.3 Å². The van der Waals surface area contributed by atoms with Crippen molar-refractivity contribution in [3.8, 4) is 5.75 Å². The summed E-state index contributed by atoms with van der Waals surface area (Å²) in [7, 11) is -3.77. The van der Waals surface area contributed by atoms with Crippen LogP contribution in [0.15, 0.2) is 83.8 Å². The number of amides is 1. The molecule has 0 aliphatic heterocycles. The highest BCUT2D eigenvalue weighted by atomic mass is 35.5. The Kier molecular flexibility index (Phi) is 7.33. The van der Waals surface area contributed by atoms with Gasteiger partial charge >= 0.3 is 0 Å². The first-order chi connectivity index (χ1) is 14.9. The Hall–Kier alpha value is -3.29. The maximum absolute atomic E-state index is 12.6. The molecule has 6 nitrogen and oxygen atoms in total. The van der Waals surface area contributed by atoms with Crippen molar-refractivity contribution in [3.63, 3.8) is 0 Å². The highest BCUT2D eigenvalue weighted by Gasteiger charge is 2.14. The number of carbonyl (C=O) groups is 1. The molecule has 0 unspecified atom stereocenters. The second-order valence-corrected chi connectivity index (χ2v) is 8.52. The zero-order valence-electron chi connectivity index (χ0n) is 16.7. The fourth-order valence-corrected chi connectivity index (χ4v) is 3.93. The van der Waals surface area contributed by atoms with Gasteiger partial charge in [-0.15, -0.1) is 0 Å². The van der Waals surface area contributed by atoms with Crippen LogP contribution in [0.25, 0.3) is 6.08 Å². The molecule has 0 aromatic heterocycles. The number of carbonyl (C=O) groups excluding carboxylic acids is 1. The van der Waals surface area contributed by atoms with E-state index in [2.05, 4.69) is 10.0 Å². The van der Waals surface area contributed by atoms with Crippen LogP contribution in [0.3, 0.4) is 0 Å². The normalized spacial score (nSPS) is 11.3. The molecule has 0 saturated heterocycles. The first-order valence-corrected chi connectivity index (χ1v) is 11.3. The first-order valence-electron chi connectivity index (χ1n) is 9.47. The van der Waals surface area contributed by atoms with Gasteiger partial charge in [0.2, 0.25) is 5.91 Å². The van der Waals surface area contributed by atoms with Gasteiger partial charge in [0.05, 0.1) is 11.5 Å². The topological polar surface area (TPSA) is 84.5 Å². The van der Waals surface area contributed by atoms with Crippen LogP contribution in [0.2, 0.25) is 5.02 Å². The van der Waals surface area contributed by atoms with Gasteiger partial charge < -0.3 is 10.1 Å². The van der Waals surface area contributed by atoms with Gasteiger partial charge in [-0.05, 0) is 73.2 Å². The molecule has 0 fully saturated rings. The van der Waals surface area contributed by atoms with Crippen LogP contribution in [0.1, 0.15) is 12.5 Å². The van der Waals surface area contributed by atoms with Gasteiger partial charge in [-0.3, -0.25) is 9.52 Å². The predicted molar refractivity (Wildman–Crippen MR) is 124 cm³/mol. The fourth-order valence-electron chi connectivity index (χ4n) is 2.68. The number of nitrogens with one attached hydrogen (secondary N) is 2. The molecule has 160 valence electrons. The molecule has 0 radical (unpaired) electrons. The van der Waals surface area contributed by atoms with Crippen LogP contribution in [-0.4, -0.2) is 20.9 Å². The van der Waals surface area contributed by atoms with Gasteiger partial charge in [-0.2, -0.15) is 0 Å². The number of halogens is 1. The lowest BCUT2D eigenvalue weighted by atomic mass is 10.2. The molecule has 0 atom stereocenters. The molecule has 0 aliphatic rings. The quantitative estimate of drug-likeness (QED) is 0.457. The average Bonchev–Trinajstić information content (AvgIpc) is 2.75. The Bertz CT molecular complexity index is 1170. The van der Waals surface area contributed by atoms with Crippen molar-refractivity contribution in [2.75, 3.05) is 16.6 Å². The second kappa shape index (κ2) is 10.1. The van der Waals surface area contributed by atoms with Crippen LogP contribution in [0.4, 0.5) is 11.4 Å². The van der Waals surface area contributed by atoms with Gasteiger partial charge in [0.25, 0.3) is 10.0 Å². The lowest BCUT2D eigenvalue weighted by Gasteiger charge is -2.10. The van der Waals surface area contributed by atoms with E-state index in [-0.39, 0.29) is 10.8 Å². The highest BCUT2D eigenvalue weighted by Crippen LogP contribution is 2.21. The van der Waals surface area contributed by atoms with E-state index in [0.717, 1.165) is 5.56 Å². The van der Waals surface area contributed by atoms with Crippen molar-refractivity contribution < 1.29 is 17.9 Å². The van der Waals surface area contributed by atoms with Crippen molar-refractivity contribution in [3.05, 3.63) is 89.5 Å². The SMILES string of the molecule is CCOc1ccc(NS(=O)(=O)c2ccc(NC(=O)C=Cc3ccccc3Cl)cc2)cc1. The number of sulfonamides is 1. The smallest absolute Gasteiger partial charge is 0.261 e. The molecule has 0 bridgehead atoms. The largest absolute Gasteiger partial charge is 0.494 e. The third-order valence-electron chi connectivity index (χ3n) is 4.17. The lowest BCUT2D eigenvalue weighted by molar-refractivity contribution is -0.111. The minimum Gasteiger partial charge on any atom is -0.494 e. The summed E-state index contributed by atoms with van der Waals surface area (Å²) in [5, 5.41) is 3.22. The number of rotatable bonds is 8. The molecule has 0 saturated carbocycles. The molecule has 3 aromatic carbocycles. The van der Waals surface area contributed by atoms with Crippen molar-refractivity contribution in [1.29, 1.82) is 0 Å². The Morgan fingerprint density at radius 3 is 2.26 bits per heavy atom. The Balaban J connectivity index is 1.63. The van der Waals surface area contributed by atoms with E-state index in [4.69, 9.17) is 16.3 Å². The summed E-state index contributed by atoms with van der Waals surface area (Å²) >= 11 is 6.06. The van der Waals surface area contributed by atoms with Crippen molar-refractivity contribution in [2.24, 2.45) is 0 Å². The van der Waals surface area contributed by atoms with Gasteiger partial charge in [0.1, 0.15) is 5.75 Å². The number of benzene rings is 3. The Morgan fingerprint density at radius 2 is 1.61 bits per heavy atom. The molecule has 2 N–H and O–H groups in total. The summed E-state index contributed by atoms with van der Waals surface area (Å²) in [5.74, 6) is 0.303. The van der Waals surface area contributed by atoms with Crippen molar-refractivity contribution in [1.82, 2.24) is 0 Å². The zero-order chi connectivity index (χ0) is 22.3. The summed E-state index contributed by atoms with van der Waals surface area (Å²) in [6.45, 7) is 2.40. The Labute approximate surface area is 186 Å². The third kappa shape index (κ3) is 6.34. The molecule has 8 heteroatoms. The summed E-state index contributed by atoms with van der Waals surface area (Å²) < 4.78 is 33.0. The molecule has 0 aliphatic carbocycles. The monoisotopic (exact) mass is 456 g/mol. The van der Waals surface area contributed by atoms with Gasteiger partial charge in [-0.1, -0.05) is 29.8 Å². The molecular weight excluding hydrogens is 436 g/mol. The van der Waals surface area contributed by atoms with E-state index in [0.29, 0.717) is 28.8 Å². The number of anilines is 2. The maximum atomic E-state index is 12.6. The third-order valence-corrected chi connectivity index (χ3v) is 5.91. The minimum atomic E-state index is -3.77. The molecular formula is C23H21ClN2O4S. The lowest BCUT2D eigenvalue weighted by Crippen LogP contribution is -2.13. The fraction of sp³-hybridized carbons (Fsp3) is 0.0870. The molecule has 31 heavy (non-hydrogen) atoms. The minimum absolute atomic E-state index is 0.0750. The summed E-state index contributed by atoms with van der Waals surface area (Å²) in [4.78, 5) is 12.2. The summed E-state index contributed by atoms with van der Waals surface area (Å²) in [6.07, 6.45) is 2.97. The van der Waals surface area contributed by atoms with Crippen molar-refractivity contribution >= 4 is 45.0 Å². The number of hydrogen-bond acceptors (Lipinski definition) is 4. The van der Waals surface area contributed by atoms with Crippen LogP contribution in [-0.2, 0) is 14.8 Å². The predicted octanol–water partition coefficient (Wildman–Crippen LogP) is 5.19. The summed E-state index contributed by atoms with van der Waals surface area (Å²) in [5.41, 5.74) is 1.61. The second-order valence-electron chi connectivity index (χ2n) is 6.43.